The predicted octanol–water partition coefficient (Wildman–Crippen LogP) is 5.30. The third-order valence-electron chi connectivity index (χ3n) is 7.70. The summed E-state index contributed by atoms with van der Waals surface area (Å²) in [5, 5.41) is 10.0. The summed E-state index contributed by atoms with van der Waals surface area (Å²) in [5.41, 5.74) is 2.71. The topological polar surface area (TPSA) is 82.1 Å². The number of aryl methyl sites for hydroxylation is 1. The van der Waals surface area contributed by atoms with Gasteiger partial charge in [0.05, 0.1) is 14.2 Å². The molecule has 1 atom stereocenters. The van der Waals surface area contributed by atoms with Crippen LogP contribution in [0.25, 0.3) is 11.1 Å². The highest BCUT2D eigenvalue weighted by Gasteiger charge is 2.58. The van der Waals surface area contributed by atoms with Crippen molar-refractivity contribution < 1.29 is 28.9 Å². The van der Waals surface area contributed by atoms with Crippen LogP contribution in [-0.2, 0) is 11.2 Å². The Morgan fingerprint density at radius 2 is 1.82 bits per heavy atom. The van der Waals surface area contributed by atoms with Crippen LogP contribution in [0.1, 0.15) is 60.9 Å². The van der Waals surface area contributed by atoms with E-state index in [4.69, 9.17) is 14.2 Å². The Bertz CT molecular complexity index is 1100. The number of ether oxygens (including phenoxy) is 3. The fraction of sp³-hybridized carbons (Fsp3) is 0.481. The molecule has 6 nitrogen and oxygen atoms in total. The number of ketones is 1. The number of hydrogen-bond donors (Lipinski definition) is 1. The summed E-state index contributed by atoms with van der Waals surface area (Å²) in [4.78, 5) is 24.3. The maximum Gasteiger partial charge on any atom is 0.313 e. The second kappa shape index (κ2) is 8.40. The first-order valence-corrected chi connectivity index (χ1v) is 11.8. The molecule has 2 aromatic carbocycles. The maximum absolute atomic E-state index is 12.2. The standard InChI is InChI=1S/C27H30O6/c1-31-22-11-9-20(18-6-8-19-17(15-18)7-10-21(19)28)24(25(22)32-2)33-23(14-16-4-3-5-16)27(12-13-27)26(29)30/h6,8-9,11,15-16,23H,3-5,7,10,12-14H2,1-2H3,(H,29,30). The summed E-state index contributed by atoms with van der Waals surface area (Å²) in [5.74, 6) is 1.40. The van der Waals surface area contributed by atoms with Gasteiger partial charge in [-0.3, -0.25) is 9.59 Å². The number of carbonyl (C=O) groups is 2. The van der Waals surface area contributed by atoms with Gasteiger partial charge in [0.1, 0.15) is 11.5 Å². The lowest BCUT2D eigenvalue weighted by atomic mass is 9.78. The molecule has 6 heteroatoms. The predicted molar refractivity (Wildman–Crippen MR) is 123 cm³/mol. The van der Waals surface area contributed by atoms with Crippen molar-refractivity contribution in [1.82, 2.24) is 0 Å². The van der Waals surface area contributed by atoms with E-state index in [0.717, 1.165) is 47.9 Å². The van der Waals surface area contributed by atoms with E-state index in [9.17, 15) is 14.7 Å². The summed E-state index contributed by atoms with van der Waals surface area (Å²) in [6.07, 6.45) is 6.26. The van der Waals surface area contributed by atoms with Gasteiger partial charge in [0.15, 0.2) is 17.3 Å². The average molecular weight is 451 g/mol. The van der Waals surface area contributed by atoms with Crippen molar-refractivity contribution in [1.29, 1.82) is 0 Å². The van der Waals surface area contributed by atoms with E-state index in [1.54, 1.807) is 14.2 Å². The molecule has 3 aliphatic carbocycles. The zero-order valence-electron chi connectivity index (χ0n) is 19.2. The maximum atomic E-state index is 12.2. The number of carboxylic acids is 1. The van der Waals surface area contributed by atoms with E-state index in [-0.39, 0.29) is 5.78 Å². The zero-order chi connectivity index (χ0) is 23.2. The number of aliphatic carboxylic acids is 1. The normalized spacial score (nSPS) is 19.4. The van der Waals surface area contributed by atoms with E-state index < -0.39 is 17.5 Å². The van der Waals surface area contributed by atoms with Gasteiger partial charge < -0.3 is 19.3 Å². The lowest BCUT2D eigenvalue weighted by Crippen LogP contribution is -2.37. The number of carboxylic acid groups (broad SMARTS) is 1. The monoisotopic (exact) mass is 450 g/mol. The molecule has 174 valence electrons. The van der Waals surface area contributed by atoms with Gasteiger partial charge in [0, 0.05) is 17.5 Å². The third kappa shape index (κ3) is 3.75. The Morgan fingerprint density at radius 3 is 2.42 bits per heavy atom. The SMILES string of the molecule is COc1ccc(-c2ccc3c(c2)CCC3=O)c(OC(CC2CCC2)C2(C(=O)O)CC2)c1OC. The average Bonchev–Trinajstić information content (AvgIpc) is 3.53. The van der Waals surface area contributed by atoms with Gasteiger partial charge in [0.2, 0.25) is 5.75 Å². The molecule has 1 unspecified atom stereocenters. The van der Waals surface area contributed by atoms with Crippen LogP contribution in [0.15, 0.2) is 30.3 Å². The molecular weight excluding hydrogens is 420 g/mol. The Hall–Kier alpha value is -3.02. The van der Waals surface area contributed by atoms with Crippen LogP contribution in [0.3, 0.4) is 0 Å². The van der Waals surface area contributed by atoms with E-state index in [2.05, 4.69) is 0 Å². The molecule has 2 aromatic rings. The van der Waals surface area contributed by atoms with Gasteiger partial charge in [-0.05, 0) is 54.9 Å². The number of Topliss-reactive ketones (excluding diaryl/α,β-unsaturated/α-hetero) is 1. The van der Waals surface area contributed by atoms with Crippen LogP contribution in [0.2, 0.25) is 0 Å². The van der Waals surface area contributed by atoms with Crippen LogP contribution in [0.4, 0.5) is 0 Å². The number of hydrogen-bond acceptors (Lipinski definition) is 5. The van der Waals surface area contributed by atoms with Gasteiger partial charge in [0.25, 0.3) is 0 Å². The lowest BCUT2D eigenvalue weighted by Gasteiger charge is -2.34. The summed E-state index contributed by atoms with van der Waals surface area (Å²) >= 11 is 0. The molecule has 0 saturated heterocycles. The molecule has 2 fully saturated rings. The molecule has 5 rings (SSSR count). The lowest BCUT2D eigenvalue weighted by molar-refractivity contribution is -0.148. The van der Waals surface area contributed by atoms with Gasteiger partial charge >= 0.3 is 5.97 Å². The second-order valence-electron chi connectivity index (χ2n) is 9.57. The Morgan fingerprint density at radius 1 is 1.06 bits per heavy atom. The number of carbonyl (C=O) groups excluding carboxylic acids is 1. The molecule has 0 bridgehead atoms. The minimum absolute atomic E-state index is 0.179. The number of benzene rings is 2. The molecule has 0 radical (unpaired) electrons. The quantitative estimate of drug-likeness (QED) is 0.558. The van der Waals surface area contributed by atoms with E-state index in [1.165, 1.54) is 6.42 Å². The minimum Gasteiger partial charge on any atom is -0.493 e. The number of fused-ring (bicyclic) bond motifs is 1. The Kier molecular flexibility index (Phi) is 5.55. The number of rotatable bonds is 9. The van der Waals surface area contributed by atoms with Gasteiger partial charge in [-0.25, -0.2) is 0 Å². The molecule has 1 N–H and O–H groups in total. The van der Waals surface area contributed by atoms with Crippen molar-refractivity contribution >= 4 is 11.8 Å². The second-order valence-corrected chi connectivity index (χ2v) is 9.57. The Labute approximate surface area is 193 Å². The first-order chi connectivity index (χ1) is 16.0. The highest BCUT2D eigenvalue weighted by Crippen LogP contribution is 2.55. The van der Waals surface area contributed by atoms with Crippen molar-refractivity contribution in [3.8, 4) is 28.4 Å². The number of methoxy groups -OCH3 is 2. The highest BCUT2D eigenvalue weighted by molar-refractivity contribution is 6.01. The van der Waals surface area contributed by atoms with Crippen LogP contribution in [-0.4, -0.2) is 37.2 Å². The Balaban J connectivity index is 1.59. The van der Waals surface area contributed by atoms with Crippen LogP contribution >= 0.6 is 0 Å². The summed E-state index contributed by atoms with van der Waals surface area (Å²) in [7, 11) is 3.15. The van der Waals surface area contributed by atoms with Crippen molar-refractivity contribution in [3.63, 3.8) is 0 Å². The molecular formula is C27H30O6. The molecule has 3 aliphatic rings. The van der Waals surface area contributed by atoms with Gasteiger partial charge in [-0.1, -0.05) is 37.5 Å². The van der Waals surface area contributed by atoms with E-state index in [1.807, 2.05) is 30.3 Å². The van der Waals surface area contributed by atoms with Crippen molar-refractivity contribution in [2.24, 2.45) is 11.3 Å². The van der Waals surface area contributed by atoms with Crippen molar-refractivity contribution in [2.45, 2.75) is 57.5 Å². The summed E-state index contributed by atoms with van der Waals surface area (Å²) in [6.45, 7) is 0. The van der Waals surface area contributed by atoms with Crippen molar-refractivity contribution in [2.75, 3.05) is 14.2 Å². The van der Waals surface area contributed by atoms with E-state index >= 15 is 0 Å². The van der Waals surface area contributed by atoms with Crippen molar-refractivity contribution in [3.05, 3.63) is 41.5 Å². The third-order valence-corrected chi connectivity index (χ3v) is 7.70. The van der Waals surface area contributed by atoms with E-state index in [0.29, 0.717) is 42.4 Å². The fourth-order valence-corrected chi connectivity index (χ4v) is 5.23. The van der Waals surface area contributed by atoms with Gasteiger partial charge in [-0.15, -0.1) is 0 Å². The molecule has 0 aliphatic heterocycles. The van der Waals surface area contributed by atoms with Crippen LogP contribution in [0, 0.1) is 11.3 Å². The fourth-order valence-electron chi connectivity index (χ4n) is 5.23. The van der Waals surface area contributed by atoms with Gasteiger partial charge in [-0.2, -0.15) is 0 Å². The smallest absolute Gasteiger partial charge is 0.313 e. The minimum atomic E-state index is -0.842. The molecule has 2 saturated carbocycles. The first-order valence-electron chi connectivity index (χ1n) is 11.8. The highest BCUT2D eigenvalue weighted by atomic mass is 16.5. The van der Waals surface area contributed by atoms with Crippen LogP contribution in [0.5, 0.6) is 17.2 Å². The molecule has 0 heterocycles. The summed E-state index contributed by atoms with van der Waals surface area (Å²) in [6, 6.07) is 9.62. The first kappa shape index (κ1) is 21.8. The molecule has 0 spiro atoms. The molecule has 0 aromatic heterocycles. The largest absolute Gasteiger partial charge is 0.493 e. The molecule has 0 amide bonds. The zero-order valence-corrected chi connectivity index (χ0v) is 19.2. The molecule has 33 heavy (non-hydrogen) atoms. The summed E-state index contributed by atoms with van der Waals surface area (Å²) < 4.78 is 17.9. The van der Waals surface area contributed by atoms with Crippen LogP contribution < -0.4 is 14.2 Å².